The van der Waals surface area contributed by atoms with E-state index in [0.717, 1.165) is 0 Å². The van der Waals surface area contributed by atoms with Crippen LogP contribution in [0.3, 0.4) is 0 Å². The summed E-state index contributed by atoms with van der Waals surface area (Å²) in [5, 5.41) is 11.1. The molecular weight excluding hydrogens is 290 g/mol. The molecule has 6 heteroatoms. The van der Waals surface area contributed by atoms with Gasteiger partial charge in [-0.15, -0.1) is 0 Å². The summed E-state index contributed by atoms with van der Waals surface area (Å²) in [4.78, 5) is 21.9. The largest absolute Gasteiger partial charge is 0.462 e. The fourth-order valence-corrected chi connectivity index (χ4v) is 1.99. The molecule has 0 spiro atoms. The standard InChI is InChI=1S/C11H12BrNO4/c1-3-17-11(14)10-7(2)4-9(13(15)16)5-8(10)6-12/h4-5H,3,6H2,1-2H3. The Kier molecular flexibility index (Phi) is 4.62. The van der Waals surface area contributed by atoms with Crippen LogP contribution in [0.2, 0.25) is 0 Å². The first-order valence-corrected chi connectivity index (χ1v) is 6.14. The number of nitro groups is 1. The van der Waals surface area contributed by atoms with E-state index < -0.39 is 10.9 Å². The fourth-order valence-electron chi connectivity index (χ4n) is 1.55. The van der Waals surface area contributed by atoms with Crippen LogP contribution in [0.4, 0.5) is 5.69 Å². The summed E-state index contributed by atoms with van der Waals surface area (Å²) in [5.41, 5.74) is 1.49. The fraction of sp³-hybridized carbons (Fsp3) is 0.364. The predicted molar refractivity (Wildman–Crippen MR) is 66.4 cm³/mol. The number of benzene rings is 1. The summed E-state index contributed by atoms with van der Waals surface area (Å²) in [6, 6.07) is 2.76. The molecule has 0 heterocycles. The second-order valence-corrected chi connectivity index (χ2v) is 3.97. The van der Waals surface area contributed by atoms with Crippen LogP contribution in [0.1, 0.15) is 28.4 Å². The van der Waals surface area contributed by atoms with Crippen molar-refractivity contribution in [3.63, 3.8) is 0 Å². The summed E-state index contributed by atoms with van der Waals surface area (Å²) in [7, 11) is 0. The van der Waals surface area contributed by atoms with E-state index >= 15 is 0 Å². The van der Waals surface area contributed by atoms with E-state index in [4.69, 9.17) is 4.74 Å². The van der Waals surface area contributed by atoms with E-state index in [1.165, 1.54) is 12.1 Å². The molecule has 0 unspecified atom stereocenters. The number of hydrogen-bond donors (Lipinski definition) is 0. The van der Waals surface area contributed by atoms with Crippen molar-refractivity contribution in [3.8, 4) is 0 Å². The maximum atomic E-state index is 11.7. The number of halogens is 1. The molecule has 0 saturated heterocycles. The van der Waals surface area contributed by atoms with Crippen LogP contribution in [0, 0.1) is 17.0 Å². The first-order valence-electron chi connectivity index (χ1n) is 5.02. The smallest absolute Gasteiger partial charge is 0.338 e. The zero-order valence-corrected chi connectivity index (χ0v) is 11.1. The van der Waals surface area contributed by atoms with Gasteiger partial charge in [-0.1, -0.05) is 15.9 Å². The lowest BCUT2D eigenvalue weighted by molar-refractivity contribution is -0.385. The number of aryl methyl sites for hydroxylation is 1. The number of hydrogen-bond acceptors (Lipinski definition) is 4. The first-order chi connectivity index (χ1) is 8.01. The number of alkyl halides is 1. The van der Waals surface area contributed by atoms with Crippen LogP contribution in [-0.2, 0) is 10.1 Å². The van der Waals surface area contributed by atoms with E-state index in [2.05, 4.69) is 15.9 Å². The molecule has 0 aliphatic heterocycles. The van der Waals surface area contributed by atoms with Crippen molar-refractivity contribution < 1.29 is 14.5 Å². The van der Waals surface area contributed by atoms with E-state index in [1.54, 1.807) is 13.8 Å². The molecule has 5 nitrogen and oxygen atoms in total. The number of nitro benzene ring substituents is 1. The number of ether oxygens (including phenoxy) is 1. The molecule has 0 aliphatic carbocycles. The van der Waals surface area contributed by atoms with E-state index in [9.17, 15) is 14.9 Å². The lowest BCUT2D eigenvalue weighted by Crippen LogP contribution is -2.10. The second-order valence-electron chi connectivity index (χ2n) is 3.41. The minimum Gasteiger partial charge on any atom is -0.462 e. The summed E-state index contributed by atoms with van der Waals surface area (Å²) in [5.74, 6) is -0.450. The molecule has 0 N–H and O–H groups in total. The molecule has 0 radical (unpaired) electrons. The SMILES string of the molecule is CCOC(=O)c1c(C)cc([N+](=O)[O-])cc1CBr. The van der Waals surface area contributed by atoms with Crippen molar-refractivity contribution in [2.75, 3.05) is 6.61 Å². The van der Waals surface area contributed by atoms with Gasteiger partial charge in [0.25, 0.3) is 5.69 Å². The van der Waals surface area contributed by atoms with Crippen molar-refractivity contribution in [2.24, 2.45) is 0 Å². The molecule has 0 aliphatic rings. The summed E-state index contributed by atoms with van der Waals surface area (Å²) < 4.78 is 4.92. The van der Waals surface area contributed by atoms with Crippen molar-refractivity contribution in [1.29, 1.82) is 0 Å². The van der Waals surface area contributed by atoms with Crippen LogP contribution >= 0.6 is 15.9 Å². The Balaban J connectivity index is 3.30. The highest BCUT2D eigenvalue weighted by atomic mass is 79.9. The molecule has 0 bridgehead atoms. The van der Waals surface area contributed by atoms with Gasteiger partial charge in [0.1, 0.15) is 0 Å². The number of nitrogens with zero attached hydrogens (tertiary/aromatic N) is 1. The Morgan fingerprint density at radius 1 is 1.53 bits per heavy atom. The summed E-state index contributed by atoms with van der Waals surface area (Å²) in [6.45, 7) is 3.65. The van der Waals surface area contributed by atoms with Crippen molar-refractivity contribution >= 4 is 27.6 Å². The van der Waals surface area contributed by atoms with Crippen LogP contribution < -0.4 is 0 Å². The van der Waals surface area contributed by atoms with Gasteiger partial charge in [-0.2, -0.15) is 0 Å². The summed E-state index contributed by atoms with van der Waals surface area (Å²) >= 11 is 3.21. The molecule has 1 aromatic carbocycles. The molecular formula is C11H12BrNO4. The van der Waals surface area contributed by atoms with Crippen molar-refractivity contribution in [3.05, 3.63) is 38.9 Å². The highest BCUT2D eigenvalue weighted by Crippen LogP contribution is 2.24. The number of carbonyl (C=O) groups excluding carboxylic acids is 1. The highest BCUT2D eigenvalue weighted by Gasteiger charge is 2.19. The molecule has 0 saturated carbocycles. The van der Waals surface area contributed by atoms with E-state index in [-0.39, 0.29) is 12.3 Å². The van der Waals surface area contributed by atoms with Crippen LogP contribution in [0.15, 0.2) is 12.1 Å². The molecule has 0 fully saturated rings. The average Bonchev–Trinajstić information content (AvgIpc) is 2.27. The Bertz CT molecular complexity index is 459. The zero-order chi connectivity index (χ0) is 13.0. The van der Waals surface area contributed by atoms with Gasteiger partial charge in [-0.25, -0.2) is 4.79 Å². The Morgan fingerprint density at radius 3 is 2.65 bits per heavy atom. The molecule has 0 atom stereocenters. The monoisotopic (exact) mass is 301 g/mol. The highest BCUT2D eigenvalue weighted by molar-refractivity contribution is 9.08. The Morgan fingerprint density at radius 2 is 2.18 bits per heavy atom. The van der Waals surface area contributed by atoms with Gasteiger partial charge < -0.3 is 4.74 Å². The Hall–Kier alpha value is -1.43. The molecule has 1 rings (SSSR count). The van der Waals surface area contributed by atoms with Crippen LogP contribution in [0.5, 0.6) is 0 Å². The minimum absolute atomic E-state index is 0.0231. The first kappa shape index (κ1) is 13.6. The van der Waals surface area contributed by atoms with Gasteiger partial charge in [0, 0.05) is 17.5 Å². The van der Waals surface area contributed by atoms with Gasteiger partial charge in [0.2, 0.25) is 0 Å². The summed E-state index contributed by atoms with van der Waals surface area (Å²) in [6.07, 6.45) is 0. The van der Waals surface area contributed by atoms with E-state index in [0.29, 0.717) is 22.0 Å². The quantitative estimate of drug-likeness (QED) is 0.371. The molecule has 92 valence electrons. The number of non-ortho nitro benzene ring substituents is 1. The van der Waals surface area contributed by atoms with Crippen molar-refractivity contribution in [2.45, 2.75) is 19.2 Å². The number of esters is 1. The minimum atomic E-state index is -0.478. The third-order valence-electron chi connectivity index (χ3n) is 2.24. The molecule has 0 aromatic heterocycles. The third kappa shape index (κ3) is 3.03. The maximum absolute atomic E-state index is 11.7. The van der Waals surface area contributed by atoms with Crippen LogP contribution in [-0.4, -0.2) is 17.5 Å². The maximum Gasteiger partial charge on any atom is 0.338 e. The normalized spacial score (nSPS) is 10.1. The number of carbonyl (C=O) groups is 1. The van der Waals surface area contributed by atoms with Gasteiger partial charge in [0.15, 0.2) is 0 Å². The van der Waals surface area contributed by atoms with Crippen molar-refractivity contribution in [1.82, 2.24) is 0 Å². The number of rotatable bonds is 4. The average molecular weight is 302 g/mol. The topological polar surface area (TPSA) is 69.4 Å². The van der Waals surface area contributed by atoms with Gasteiger partial charge >= 0.3 is 5.97 Å². The lowest BCUT2D eigenvalue weighted by atomic mass is 10.0. The van der Waals surface area contributed by atoms with E-state index in [1.807, 2.05) is 0 Å². The molecule has 17 heavy (non-hydrogen) atoms. The molecule has 0 amide bonds. The lowest BCUT2D eigenvalue weighted by Gasteiger charge is -2.09. The third-order valence-corrected chi connectivity index (χ3v) is 2.84. The molecule has 1 aromatic rings. The second kappa shape index (κ2) is 5.77. The van der Waals surface area contributed by atoms with Gasteiger partial charge in [-0.05, 0) is 25.0 Å². The van der Waals surface area contributed by atoms with Gasteiger partial charge in [0.05, 0.1) is 17.1 Å². The predicted octanol–water partition coefficient (Wildman–Crippen LogP) is 2.97. The van der Waals surface area contributed by atoms with Crippen LogP contribution in [0.25, 0.3) is 0 Å². The van der Waals surface area contributed by atoms with Gasteiger partial charge in [-0.3, -0.25) is 10.1 Å². The zero-order valence-electron chi connectivity index (χ0n) is 9.53. The Labute approximate surface area is 107 Å².